The number of hydrogen-bond acceptors (Lipinski definition) is 7. The summed E-state index contributed by atoms with van der Waals surface area (Å²) in [6.07, 6.45) is 4.74. The van der Waals surface area contributed by atoms with Crippen molar-refractivity contribution < 1.29 is 24.3 Å². The first-order valence-electron chi connectivity index (χ1n) is 10.2. The van der Waals surface area contributed by atoms with Gasteiger partial charge in [-0.15, -0.1) is 0 Å². The monoisotopic (exact) mass is 454 g/mol. The summed E-state index contributed by atoms with van der Waals surface area (Å²) in [4.78, 5) is 56.3. The average molecular weight is 455 g/mol. The molecule has 4 atom stereocenters. The number of thiol groups is 1. The molecule has 1 aromatic rings. The van der Waals surface area contributed by atoms with Crippen LogP contribution in [0.25, 0.3) is 0 Å². The first-order valence-corrected chi connectivity index (χ1v) is 10.8. The zero-order valence-electron chi connectivity index (χ0n) is 17.6. The Morgan fingerprint density at radius 1 is 1.19 bits per heavy atom. The van der Waals surface area contributed by atoms with Gasteiger partial charge < -0.3 is 31.4 Å². The Morgan fingerprint density at radius 3 is 2.45 bits per heavy atom. The van der Waals surface area contributed by atoms with Gasteiger partial charge >= 0.3 is 5.97 Å². The number of carbonyl (C=O) groups is 4. The second-order valence-electron chi connectivity index (χ2n) is 7.80. The Hall–Kier alpha value is -2.60. The van der Waals surface area contributed by atoms with Crippen LogP contribution in [0.5, 0.6) is 0 Å². The van der Waals surface area contributed by atoms with Crippen molar-refractivity contribution >= 4 is 36.3 Å². The van der Waals surface area contributed by atoms with Crippen LogP contribution < -0.4 is 21.3 Å². The Morgan fingerprint density at radius 2 is 1.94 bits per heavy atom. The fourth-order valence-corrected chi connectivity index (χ4v) is 3.49. The maximum atomic E-state index is 13.0. The first-order chi connectivity index (χ1) is 14.7. The summed E-state index contributed by atoms with van der Waals surface area (Å²) in [5, 5.41) is 20.0. The number of imidazole rings is 1. The predicted octanol–water partition coefficient (Wildman–Crippen LogP) is -1.17. The molecular weight excluding hydrogens is 424 g/mol. The van der Waals surface area contributed by atoms with Crippen LogP contribution in [0.1, 0.15) is 32.4 Å². The lowest BCUT2D eigenvalue weighted by molar-refractivity contribution is -0.142. The van der Waals surface area contributed by atoms with Crippen LogP contribution >= 0.6 is 12.6 Å². The summed E-state index contributed by atoms with van der Waals surface area (Å²) in [7, 11) is 0. The van der Waals surface area contributed by atoms with Crippen LogP contribution in [0.4, 0.5) is 0 Å². The van der Waals surface area contributed by atoms with Gasteiger partial charge in [-0.25, -0.2) is 9.78 Å². The van der Waals surface area contributed by atoms with E-state index in [0.29, 0.717) is 12.1 Å². The first kappa shape index (κ1) is 24.7. The van der Waals surface area contributed by atoms with Crippen LogP contribution in [-0.4, -0.2) is 75.2 Å². The summed E-state index contributed by atoms with van der Waals surface area (Å²) < 4.78 is 0. The molecule has 4 unspecified atom stereocenters. The molecule has 2 rings (SSSR count). The third-order valence-corrected chi connectivity index (χ3v) is 5.40. The van der Waals surface area contributed by atoms with Crippen molar-refractivity contribution in [3.05, 3.63) is 18.2 Å². The summed E-state index contributed by atoms with van der Waals surface area (Å²) in [6, 6.07) is -3.47. The molecule has 31 heavy (non-hydrogen) atoms. The van der Waals surface area contributed by atoms with E-state index in [9.17, 15) is 19.2 Å². The number of hydrogen-bond donors (Lipinski definition) is 7. The summed E-state index contributed by atoms with van der Waals surface area (Å²) in [5.74, 6) is -3.10. The fraction of sp³-hybridized carbons (Fsp3) is 0.632. The minimum Gasteiger partial charge on any atom is -0.480 e. The molecule has 11 nitrogen and oxygen atoms in total. The Bertz CT molecular complexity index is 766. The van der Waals surface area contributed by atoms with Crippen molar-refractivity contribution in [1.29, 1.82) is 0 Å². The molecule has 0 saturated carbocycles. The fourth-order valence-electron chi connectivity index (χ4n) is 3.24. The highest BCUT2D eigenvalue weighted by Gasteiger charge is 2.32. The highest BCUT2D eigenvalue weighted by molar-refractivity contribution is 7.80. The Labute approximate surface area is 185 Å². The summed E-state index contributed by atoms with van der Waals surface area (Å²) in [5.41, 5.74) is 0.645. The van der Waals surface area contributed by atoms with Gasteiger partial charge in [-0.05, 0) is 25.3 Å². The van der Waals surface area contributed by atoms with Crippen LogP contribution in [0.2, 0.25) is 0 Å². The van der Waals surface area contributed by atoms with Gasteiger partial charge in [0, 0.05) is 24.1 Å². The van der Waals surface area contributed by atoms with Crippen molar-refractivity contribution in [1.82, 2.24) is 31.2 Å². The molecule has 0 radical (unpaired) electrons. The maximum absolute atomic E-state index is 13.0. The van der Waals surface area contributed by atoms with Gasteiger partial charge in [0.1, 0.15) is 18.1 Å². The van der Waals surface area contributed by atoms with E-state index in [1.165, 1.54) is 6.33 Å². The van der Waals surface area contributed by atoms with Crippen LogP contribution in [0.3, 0.4) is 0 Å². The van der Waals surface area contributed by atoms with Crippen LogP contribution in [-0.2, 0) is 25.6 Å². The van der Waals surface area contributed by atoms with Crippen LogP contribution in [0.15, 0.2) is 12.5 Å². The number of nitrogens with one attached hydrogen (secondary N) is 5. The number of rotatable bonds is 11. The van der Waals surface area contributed by atoms with E-state index < -0.39 is 35.9 Å². The van der Waals surface area contributed by atoms with Gasteiger partial charge in [-0.3, -0.25) is 14.4 Å². The van der Waals surface area contributed by atoms with E-state index in [4.69, 9.17) is 5.11 Å². The SMILES string of the molecule is CC(C)C(NC(=O)C(Cc1cnc[nH]1)NC(=O)C1CCCN1)C(=O)NC(CS)C(=O)O. The minimum atomic E-state index is -1.22. The van der Waals surface area contributed by atoms with Crippen molar-refractivity contribution in [2.45, 2.75) is 57.3 Å². The quantitative estimate of drug-likeness (QED) is 0.207. The highest BCUT2D eigenvalue weighted by atomic mass is 32.1. The zero-order chi connectivity index (χ0) is 23.0. The number of carboxylic acids is 1. The van der Waals surface area contributed by atoms with E-state index >= 15 is 0 Å². The smallest absolute Gasteiger partial charge is 0.327 e. The van der Waals surface area contributed by atoms with Gasteiger partial charge in [0.2, 0.25) is 17.7 Å². The molecule has 1 aliphatic heterocycles. The van der Waals surface area contributed by atoms with E-state index in [-0.39, 0.29) is 30.0 Å². The van der Waals surface area contributed by atoms with E-state index in [0.717, 1.165) is 13.0 Å². The lowest BCUT2D eigenvalue weighted by atomic mass is 10.0. The van der Waals surface area contributed by atoms with Crippen molar-refractivity contribution in [2.75, 3.05) is 12.3 Å². The molecule has 2 heterocycles. The molecule has 0 aromatic carbocycles. The zero-order valence-corrected chi connectivity index (χ0v) is 18.4. The molecule has 1 aliphatic rings. The van der Waals surface area contributed by atoms with Crippen molar-refractivity contribution in [2.24, 2.45) is 5.92 Å². The Balaban J connectivity index is 2.11. The van der Waals surface area contributed by atoms with E-state index in [1.54, 1.807) is 20.0 Å². The normalized spacial score (nSPS) is 18.8. The van der Waals surface area contributed by atoms with Gasteiger partial charge in [0.05, 0.1) is 12.4 Å². The Kier molecular flexibility index (Phi) is 9.31. The molecule has 172 valence electrons. The largest absolute Gasteiger partial charge is 0.480 e. The third-order valence-electron chi connectivity index (χ3n) is 5.03. The standard InChI is InChI=1S/C19H30N6O5S/c1-10(2)15(18(28)24-14(8-31)19(29)30)25-17(27)13(6-11-7-20-9-22-11)23-16(26)12-4-3-5-21-12/h7,9-10,12-15,21,31H,3-6,8H2,1-2H3,(H,20,22)(H,23,26)(H,24,28)(H,25,27)(H,29,30). The molecule has 0 aliphatic carbocycles. The second-order valence-corrected chi connectivity index (χ2v) is 8.17. The number of carboxylic acid groups (broad SMARTS) is 1. The number of amides is 3. The second kappa shape index (κ2) is 11.7. The number of aromatic amines is 1. The lowest BCUT2D eigenvalue weighted by Gasteiger charge is -2.26. The van der Waals surface area contributed by atoms with Crippen molar-refractivity contribution in [3.8, 4) is 0 Å². The van der Waals surface area contributed by atoms with Crippen LogP contribution in [0, 0.1) is 5.92 Å². The molecular formula is C19H30N6O5S. The van der Waals surface area contributed by atoms with E-state index in [1.807, 2.05) is 0 Å². The molecule has 1 saturated heterocycles. The number of carbonyl (C=O) groups excluding carboxylic acids is 3. The average Bonchev–Trinajstić information content (AvgIpc) is 3.42. The molecule has 1 fully saturated rings. The molecule has 6 N–H and O–H groups in total. The maximum Gasteiger partial charge on any atom is 0.327 e. The predicted molar refractivity (Wildman–Crippen MR) is 115 cm³/mol. The van der Waals surface area contributed by atoms with Gasteiger partial charge in [0.15, 0.2) is 0 Å². The molecule has 3 amide bonds. The molecule has 0 spiro atoms. The summed E-state index contributed by atoms with van der Waals surface area (Å²) in [6.45, 7) is 4.19. The highest BCUT2D eigenvalue weighted by Crippen LogP contribution is 2.08. The number of aliphatic carboxylic acids is 1. The van der Waals surface area contributed by atoms with Crippen molar-refractivity contribution in [3.63, 3.8) is 0 Å². The topological polar surface area (TPSA) is 165 Å². The van der Waals surface area contributed by atoms with Gasteiger partial charge in [-0.2, -0.15) is 12.6 Å². The lowest BCUT2D eigenvalue weighted by Crippen LogP contribution is -2.59. The van der Waals surface area contributed by atoms with E-state index in [2.05, 4.69) is 43.9 Å². The number of aromatic nitrogens is 2. The minimum absolute atomic E-state index is 0.0905. The molecule has 12 heteroatoms. The van der Waals surface area contributed by atoms with Gasteiger partial charge in [-0.1, -0.05) is 13.8 Å². The van der Waals surface area contributed by atoms with Gasteiger partial charge in [0.25, 0.3) is 0 Å². The number of H-pyrrole nitrogens is 1. The molecule has 1 aromatic heterocycles. The summed E-state index contributed by atoms with van der Waals surface area (Å²) >= 11 is 3.94. The molecule has 0 bridgehead atoms. The number of nitrogens with zero attached hydrogens (tertiary/aromatic N) is 1. The third kappa shape index (κ3) is 7.24.